The molecule has 0 saturated carbocycles. The van der Waals surface area contributed by atoms with E-state index in [-0.39, 0.29) is 5.41 Å². The van der Waals surface area contributed by atoms with Crippen LogP contribution in [0.3, 0.4) is 0 Å². The molecule has 0 aliphatic carbocycles. The Bertz CT molecular complexity index is 361. The van der Waals surface area contributed by atoms with Crippen LogP contribution in [0.2, 0.25) is 5.02 Å². The number of rotatable bonds is 5. The average molecular weight is 254 g/mol. The highest BCUT2D eigenvalue weighted by molar-refractivity contribution is 6.30. The van der Waals surface area contributed by atoms with E-state index in [2.05, 4.69) is 24.4 Å². The maximum absolute atomic E-state index is 6.03. The second-order valence-electron chi connectivity index (χ2n) is 4.89. The molecule has 0 bridgehead atoms. The predicted molar refractivity (Wildman–Crippen MR) is 71.6 cm³/mol. The summed E-state index contributed by atoms with van der Waals surface area (Å²) in [5.41, 5.74) is 1.56. The number of nitrogens with one attached hydrogen (secondary N) is 1. The Labute approximate surface area is 108 Å². The van der Waals surface area contributed by atoms with Crippen LogP contribution in [0.15, 0.2) is 24.3 Å². The summed E-state index contributed by atoms with van der Waals surface area (Å²) in [5.74, 6) is 0. The van der Waals surface area contributed by atoms with E-state index in [0.29, 0.717) is 0 Å². The number of ether oxygens (including phenoxy) is 1. The van der Waals surface area contributed by atoms with Crippen LogP contribution < -0.4 is 5.32 Å². The quantitative estimate of drug-likeness (QED) is 0.871. The van der Waals surface area contributed by atoms with Gasteiger partial charge in [-0.15, -0.1) is 0 Å². The molecule has 1 fully saturated rings. The van der Waals surface area contributed by atoms with E-state index in [9.17, 15) is 0 Å². The molecular formula is C14H20ClNO. The second kappa shape index (κ2) is 5.85. The molecule has 0 aromatic heterocycles. The lowest BCUT2D eigenvalue weighted by molar-refractivity contribution is 0.149. The van der Waals surface area contributed by atoms with Crippen LogP contribution in [0.25, 0.3) is 0 Å². The van der Waals surface area contributed by atoms with Gasteiger partial charge in [0.25, 0.3) is 0 Å². The Morgan fingerprint density at radius 2 is 2.35 bits per heavy atom. The summed E-state index contributed by atoms with van der Waals surface area (Å²) in [6, 6.07) is 8.16. The molecule has 0 amide bonds. The molecule has 1 N–H and O–H groups in total. The summed E-state index contributed by atoms with van der Waals surface area (Å²) >= 11 is 6.03. The first-order valence-electron chi connectivity index (χ1n) is 6.27. The predicted octanol–water partition coefficient (Wildman–Crippen LogP) is 2.90. The Balaban J connectivity index is 2.07. The van der Waals surface area contributed by atoms with E-state index in [1.807, 2.05) is 12.1 Å². The van der Waals surface area contributed by atoms with Crippen LogP contribution in [0.1, 0.15) is 18.9 Å². The number of benzene rings is 1. The van der Waals surface area contributed by atoms with E-state index in [4.69, 9.17) is 16.3 Å². The fourth-order valence-corrected chi connectivity index (χ4v) is 2.67. The summed E-state index contributed by atoms with van der Waals surface area (Å²) in [4.78, 5) is 0. The molecule has 1 atom stereocenters. The fraction of sp³-hybridized carbons (Fsp3) is 0.571. The average Bonchev–Trinajstić information content (AvgIpc) is 2.75. The van der Waals surface area contributed by atoms with E-state index < -0.39 is 0 Å². The minimum Gasteiger partial charge on any atom is -0.381 e. The molecule has 94 valence electrons. The van der Waals surface area contributed by atoms with Crippen LogP contribution in [0, 0.1) is 5.41 Å². The smallest absolute Gasteiger partial charge is 0.0538 e. The van der Waals surface area contributed by atoms with Crippen molar-refractivity contribution in [3.05, 3.63) is 34.9 Å². The van der Waals surface area contributed by atoms with Crippen LogP contribution in [-0.4, -0.2) is 26.3 Å². The van der Waals surface area contributed by atoms with Gasteiger partial charge in [-0.3, -0.25) is 0 Å². The molecule has 1 unspecified atom stereocenters. The van der Waals surface area contributed by atoms with Crippen LogP contribution in [-0.2, 0) is 11.2 Å². The fourth-order valence-electron chi connectivity index (χ4n) is 2.46. The molecular weight excluding hydrogens is 234 g/mol. The Morgan fingerprint density at radius 1 is 1.47 bits per heavy atom. The lowest BCUT2D eigenvalue weighted by Crippen LogP contribution is -2.36. The van der Waals surface area contributed by atoms with Crippen molar-refractivity contribution in [1.82, 2.24) is 5.32 Å². The third kappa shape index (κ3) is 3.44. The van der Waals surface area contributed by atoms with Gasteiger partial charge in [0.15, 0.2) is 0 Å². The molecule has 1 aromatic rings. The number of hydrogen-bond acceptors (Lipinski definition) is 2. The van der Waals surface area contributed by atoms with Gasteiger partial charge in [0.2, 0.25) is 0 Å². The van der Waals surface area contributed by atoms with Gasteiger partial charge in [0, 0.05) is 23.6 Å². The van der Waals surface area contributed by atoms with Gasteiger partial charge < -0.3 is 10.1 Å². The van der Waals surface area contributed by atoms with Gasteiger partial charge in [-0.2, -0.15) is 0 Å². The first kappa shape index (κ1) is 12.9. The van der Waals surface area contributed by atoms with E-state index in [0.717, 1.165) is 44.2 Å². The first-order valence-corrected chi connectivity index (χ1v) is 6.65. The highest BCUT2D eigenvalue weighted by atomic mass is 35.5. The Hall–Kier alpha value is -0.570. The standard InChI is InChI=1S/C14H20ClNO/c1-2-16-10-14(6-7-17-11-14)9-12-4-3-5-13(15)8-12/h3-5,8,16H,2,6-7,9-11H2,1H3. The van der Waals surface area contributed by atoms with Crippen molar-refractivity contribution in [1.29, 1.82) is 0 Å². The van der Waals surface area contributed by atoms with Gasteiger partial charge in [0.1, 0.15) is 0 Å². The highest BCUT2D eigenvalue weighted by Crippen LogP contribution is 2.32. The normalized spacial score (nSPS) is 24.1. The Morgan fingerprint density at radius 3 is 3.00 bits per heavy atom. The number of halogens is 1. The zero-order valence-electron chi connectivity index (χ0n) is 10.3. The summed E-state index contributed by atoms with van der Waals surface area (Å²) in [5, 5.41) is 4.27. The minimum atomic E-state index is 0.251. The van der Waals surface area contributed by atoms with Gasteiger partial charge in [0.05, 0.1) is 6.61 Å². The maximum Gasteiger partial charge on any atom is 0.0538 e. The second-order valence-corrected chi connectivity index (χ2v) is 5.33. The molecule has 17 heavy (non-hydrogen) atoms. The largest absolute Gasteiger partial charge is 0.381 e. The monoisotopic (exact) mass is 253 g/mol. The highest BCUT2D eigenvalue weighted by Gasteiger charge is 2.34. The molecule has 2 rings (SSSR count). The van der Waals surface area contributed by atoms with Gasteiger partial charge in [-0.05, 0) is 37.1 Å². The van der Waals surface area contributed by atoms with Crippen molar-refractivity contribution in [2.24, 2.45) is 5.41 Å². The van der Waals surface area contributed by atoms with Crippen LogP contribution >= 0.6 is 11.6 Å². The summed E-state index contributed by atoms with van der Waals surface area (Å²) in [6.07, 6.45) is 2.17. The molecule has 2 nitrogen and oxygen atoms in total. The zero-order valence-corrected chi connectivity index (χ0v) is 11.1. The van der Waals surface area contributed by atoms with Gasteiger partial charge >= 0.3 is 0 Å². The third-order valence-corrected chi connectivity index (χ3v) is 3.64. The molecule has 1 heterocycles. The molecule has 0 spiro atoms. The summed E-state index contributed by atoms with van der Waals surface area (Å²) in [6.45, 7) is 5.91. The molecule has 0 radical (unpaired) electrons. The lowest BCUT2D eigenvalue weighted by atomic mass is 9.81. The van der Waals surface area contributed by atoms with Crippen molar-refractivity contribution >= 4 is 11.6 Å². The Kier molecular flexibility index (Phi) is 4.43. The van der Waals surface area contributed by atoms with Crippen molar-refractivity contribution in [2.75, 3.05) is 26.3 Å². The van der Waals surface area contributed by atoms with Gasteiger partial charge in [-0.25, -0.2) is 0 Å². The van der Waals surface area contributed by atoms with E-state index in [1.54, 1.807) is 0 Å². The summed E-state index contributed by atoms with van der Waals surface area (Å²) in [7, 11) is 0. The molecule has 1 saturated heterocycles. The topological polar surface area (TPSA) is 21.3 Å². The maximum atomic E-state index is 6.03. The van der Waals surface area contributed by atoms with Crippen LogP contribution in [0.4, 0.5) is 0 Å². The SMILES string of the molecule is CCNCC1(Cc2cccc(Cl)c2)CCOC1. The van der Waals surface area contributed by atoms with Crippen molar-refractivity contribution in [3.63, 3.8) is 0 Å². The lowest BCUT2D eigenvalue weighted by Gasteiger charge is -2.27. The van der Waals surface area contributed by atoms with Crippen molar-refractivity contribution in [2.45, 2.75) is 19.8 Å². The van der Waals surface area contributed by atoms with Crippen molar-refractivity contribution < 1.29 is 4.74 Å². The molecule has 1 aliphatic rings. The first-order chi connectivity index (χ1) is 8.24. The third-order valence-electron chi connectivity index (χ3n) is 3.40. The molecule has 1 aliphatic heterocycles. The summed E-state index contributed by atoms with van der Waals surface area (Å²) < 4.78 is 5.59. The minimum absolute atomic E-state index is 0.251. The molecule has 1 aromatic carbocycles. The zero-order chi connectivity index (χ0) is 12.1. The van der Waals surface area contributed by atoms with Crippen molar-refractivity contribution in [3.8, 4) is 0 Å². The van der Waals surface area contributed by atoms with Gasteiger partial charge in [-0.1, -0.05) is 30.7 Å². The van der Waals surface area contributed by atoms with E-state index >= 15 is 0 Å². The molecule has 3 heteroatoms. The van der Waals surface area contributed by atoms with Crippen LogP contribution in [0.5, 0.6) is 0 Å². The van der Waals surface area contributed by atoms with E-state index in [1.165, 1.54) is 5.56 Å². The number of hydrogen-bond donors (Lipinski definition) is 1.